The molecule has 0 heterocycles. The largest absolute Gasteiger partial charge is 0.393 e. The van der Waals surface area contributed by atoms with Crippen molar-refractivity contribution in [2.75, 3.05) is 6.54 Å². The lowest BCUT2D eigenvalue weighted by Gasteiger charge is -2.26. The zero-order valence-electron chi connectivity index (χ0n) is 11.6. The summed E-state index contributed by atoms with van der Waals surface area (Å²) in [6.45, 7) is 2.73. The predicted octanol–water partition coefficient (Wildman–Crippen LogP) is 2.53. The Morgan fingerprint density at radius 2 is 2.16 bits per heavy atom. The molecule has 1 aromatic rings. The van der Waals surface area contributed by atoms with Crippen molar-refractivity contribution < 1.29 is 9.90 Å². The first kappa shape index (κ1) is 14.1. The summed E-state index contributed by atoms with van der Waals surface area (Å²) in [7, 11) is 0. The fourth-order valence-electron chi connectivity index (χ4n) is 2.83. The number of aryl methyl sites for hydroxylation is 1. The molecule has 1 aliphatic rings. The molecular formula is C16H23NO2. The molecule has 0 spiro atoms. The summed E-state index contributed by atoms with van der Waals surface area (Å²) >= 11 is 0. The molecule has 104 valence electrons. The first-order chi connectivity index (χ1) is 9.20. The Bertz CT molecular complexity index is 431. The Morgan fingerprint density at radius 3 is 2.89 bits per heavy atom. The topological polar surface area (TPSA) is 49.3 Å². The van der Waals surface area contributed by atoms with E-state index in [1.165, 1.54) is 0 Å². The minimum atomic E-state index is -0.182. The lowest BCUT2D eigenvalue weighted by molar-refractivity contribution is 0.0873. The molecule has 0 aromatic heterocycles. The summed E-state index contributed by atoms with van der Waals surface area (Å²) in [4.78, 5) is 12.2. The fourth-order valence-corrected chi connectivity index (χ4v) is 2.83. The second-order valence-electron chi connectivity index (χ2n) is 5.41. The van der Waals surface area contributed by atoms with Gasteiger partial charge in [-0.1, -0.05) is 31.5 Å². The molecule has 1 aliphatic carbocycles. The van der Waals surface area contributed by atoms with E-state index < -0.39 is 0 Å². The van der Waals surface area contributed by atoms with E-state index >= 15 is 0 Å². The molecule has 0 aliphatic heterocycles. The normalized spacial score (nSPS) is 23.1. The van der Waals surface area contributed by atoms with E-state index in [1.54, 1.807) is 0 Å². The van der Waals surface area contributed by atoms with Crippen molar-refractivity contribution in [2.24, 2.45) is 5.92 Å². The van der Waals surface area contributed by atoms with Crippen LogP contribution in [0.15, 0.2) is 24.3 Å². The van der Waals surface area contributed by atoms with Crippen LogP contribution in [0.3, 0.4) is 0 Å². The SMILES string of the molecule is CCc1ccccc1C(=O)NCC1CCCC(O)C1. The van der Waals surface area contributed by atoms with E-state index in [4.69, 9.17) is 0 Å². The maximum atomic E-state index is 12.2. The highest BCUT2D eigenvalue weighted by Gasteiger charge is 2.21. The van der Waals surface area contributed by atoms with Gasteiger partial charge in [0.1, 0.15) is 0 Å². The minimum Gasteiger partial charge on any atom is -0.393 e. The summed E-state index contributed by atoms with van der Waals surface area (Å²) in [5, 5.41) is 12.6. The summed E-state index contributed by atoms with van der Waals surface area (Å²) in [6, 6.07) is 7.74. The van der Waals surface area contributed by atoms with Crippen LogP contribution < -0.4 is 5.32 Å². The van der Waals surface area contributed by atoms with Crippen LogP contribution in [0, 0.1) is 5.92 Å². The molecule has 2 unspecified atom stereocenters. The van der Waals surface area contributed by atoms with Crippen LogP contribution in [-0.4, -0.2) is 23.7 Å². The number of aliphatic hydroxyl groups excluding tert-OH is 1. The number of carbonyl (C=O) groups excluding carboxylic acids is 1. The van der Waals surface area contributed by atoms with Gasteiger partial charge in [0.25, 0.3) is 5.91 Å². The Morgan fingerprint density at radius 1 is 1.37 bits per heavy atom. The molecular weight excluding hydrogens is 238 g/mol. The average Bonchev–Trinajstić information content (AvgIpc) is 2.45. The monoisotopic (exact) mass is 261 g/mol. The van der Waals surface area contributed by atoms with Gasteiger partial charge in [0, 0.05) is 12.1 Å². The summed E-state index contributed by atoms with van der Waals surface area (Å²) < 4.78 is 0. The third-order valence-electron chi connectivity index (χ3n) is 3.95. The smallest absolute Gasteiger partial charge is 0.251 e. The third kappa shape index (κ3) is 3.80. The molecule has 0 radical (unpaired) electrons. The van der Waals surface area contributed by atoms with Crippen molar-refractivity contribution in [1.82, 2.24) is 5.32 Å². The highest BCUT2D eigenvalue weighted by atomic mass is 16.3. The van der Waals surface area contributed by atoms with Crippen LogP contribution in [-0.2, 0) is 6.42 Å². The molecule has 3 nitrogen and oxygen atoms in total. The number of amides is 1. The Labute approximate surface area is 115 Å². The van der Waals surface area contributed by atoms with Crippen LogP contribution in [0.5, 0.6) is 0 Å². The Balaban J connectivity index is 1.90. The maximum Gasteiger partial charge on any atom is 0.251 e. The molecule has 1 fully saturated rings. The fraction of sp³-hybridized carbons (Fsp3) is 0.562. The highest BCUT2D eigenvalue weighted by molar-refractivity contribution is 5.95. The lowest BCUT2D eigenvalue weighted by atomic mass is 9.87. The van der Waals surface area contributed by atoms with Crippen LogP contribution >= 0.6 is 0 Å². The van der Waals surface area contributed by atoms with Crippen LogP contribution in [0.25, 0.3) is 0 Å². The number of nitrogens with one attached hydrogen (secondary N) is 1. The van der Waals surface area contributed by atoms with Gasteiger partial charge in [0.05, 0.1) is 6.10 Å². The van der Waals surface area contributed by atoms with Gasteiger partial charge in [-0.15, -0.1) is 0 Å². The van der Waals surface area contributed by atoms with Gasteiger partial charge in [-0.25, -0.2) is 0 Å². The molecule has 0 bridgehead atoms. The standard InChI is InChI=1S/C16H23NO2/c1-2-13-7-3-4-9-15(13)16(19)17-11-12-6-5-8-14(18)10-12/h3-4,7,9,12,14,18H,2,5-6,8,10-11H2,1H3,(H,17,19). The predicted molar refractivity (Wildman–Crippen MR) is 76.1 cm³/mol. The summed E-state index contributed by atoms with van der Waals surface area (Å²) in [6.07, 6.45) is 4.57. The summed E-state index contributed by atoms with van der Waals surface area (Å²) in [5.41, 5.74) is 1.87. The van der Waals surface area contributed by atoms with Crippen molar-refractivity contribution in [3.63, 3.8) is 0 Å². The third-order valence-corrected chi connectivity index (χ3v) is 3.95. The zero-order valence-corrected chi connectivity index (χ0v) is 11.6. The first-order valence-electron chi connectivity index (χ1n) is 7.25. The second kappa shape index (κ2) is 6.71. The van der Waals surface area contributed by atoms with Gasteiger partial charge in [-0.2, -0.15) is 0 Å². The molecule has 1 aromatic carbocycles. The molecule has 1 amide bonds. The Hall–Kier alpha value is -1.35. The number of hydrogen-bond acceptors (Lipinski definition) is 2. The molecule has 19 heavy (non-hydrogen) atoms. The molecule has 0 saturated heterocycles. The minimum absolute atomic E-state index is 0.0116. The second-order valence-corrected chi connectivity index (χ2v) is 5.41. The molecule has 1 saturated carbocycles. The van der Waals surface area contributed by atoms with E-state index in [0.29, 0.717) is 12.5 Å². The maximum absolute atomic E-state index is 12.2. The van der Waals surface area contributed by atoms with Crippen molar-refractivity contribution in [2.45, 2.75) is 45.1 Å². The van der Waals surface area contributed by atoms with Gasteiger partial charge >= 0.3 is 0 Å². The lowest BCUT2D eigenvalue weighted by Crippen LogP contribution is -2.33. The number of hydrogen-bond donors (Lipinski definition) is 2. The van der Waals surface area contributed by atoms with Crippen molar-refractivity contribution >= 4 is 5.91 Å². The molecule has 2 atom stereocenters. The van der Waals surface area contributed by atoms with Crippen molar-refractivity contribution in [3.05, 3.63) is 35.4 Å². The van der Waals surface area contributed by atoms with E-state index in [1.807, 2.05) is 24.3 Å². The molecule has 2 rings (SSSR count). The van der Waals surface area contributed by atoms with E-state index in [2.05, 4.69) is 12.2 Å². The average molecular weight is 261 g/mol. The van der Waals surface area contributed by atoms with Crippen LogP contribution in [0.1, 0.15) is 48.5 Å². The van der Waals surface area contributed by atoms with Crippen LogP contribution in [0.2, 0.25) is 0 Å². The van der Waals surface area contributed by atoms with Gasteiger partial charge in [-0.3, -0.25) is 4.79 Å². The number of rotatable bonds is 4. The first-order valence-corrected chi connectivity index (χ1v) is 7.25. The Kier molecular flexibility index (Phi) is 4.97. The van der Waals surface area contributed by atoms with E-state index in [9.17, 15) is 9.90 Å². The zero-order chi connectivity index (χ0) is 13.7. The van der Waals surface area contributed by atoms with Gasteiger partial charge < -0.3 is 10.4 Å². The summed E-state index contributed by atoms with van der Waals surface area (Å²) in [5.74, 6) is 0.430. The molecule has 2 N–H and O–H groups in total. The van der Waals surface area contributed by atoms with Crippen LogP contribution in [0.4, 0.5) is 0 Å². The van der Waals surface area contributed by atoms with E-state index in [0.717, 1.165) is 43.2 Å². The van der Waals surface area contributed by atoms with E-state index in [-0.39, 0.29) is 12.0 Å². The van der Waals surface area contributed by atoms with Gasteiger partial charge in [0.2, 0.25) is 0 Å². The number of aliphatic hydroxyl groups is 1. The van der Waals surface area contributed by atoms with Gasteiger partial charge in [-0.05, 0) is 43.2 Å². The quantitative estimate of drug-likeness (QED) is 0.875. The van der Waals surface area contributed by atoms with Crippen molar-refractivity contribution in [3.8, 4) is 0 Å². The number of benzene rings is 1. The van der Waals surface area contributed by atoms with Gasteiger partial charge in [0.15, 0.2) is 0 Å². The number of carbonyl (C=O) groups is 1. The van der Waals surface area contributed by atoms with Crippen molar-refractivity contribution in [1.29, 1.82) is 0 Å². The molecule has 3 heteroatoms. The highest BCUT2D eigenvalue weighted by Crippen LogP contribution is 2.23.